The zero-order chi connectivity index (χ0) is 29.5. The number of amides is 1. The van der Waals surface area contributed by atoms with Crippen LogP contribution in [0.15, 0.2) is 67.3 Å². The summed E-state index contributed by atoms with van der Waals surface area (Å²) in [6.07, 6.45) is 8.68. The lowest BCUT2D eigenvalue weighted by Crippen LogP contribution is -2.19. The number of nitrogens with zero attached hydrogens (tertiary/aromatic N) is 5. The van der Waals surface area contributed by atoms with Crippen molar-refractivity contribution in [2.45, 2.75) is 12.8 Å². The minimum Gasteiger partial charge on any atom is -0.492 e. The van der Waals surface area contributed by atoms with Gasteiger partial charge in [0.15, 0.2) is 0 Å². The van der Waals surface area contributed by atoms with Crippen molar-refractivity contribution in [2.75, 3.05) is 32.6 Å². The first-order valence-electron chi connectivity index (χ1n) is 14.1. The van der Waals surface area contributed by atoms with Crippen LogP contribution >= 0.6 is 0 Å². The van der Waals surface area contributed by atoms with E-state index in [9.17, 15) is 9.18 Å². The molecule has 1 amide bonds. The number of benzene rings is 1. The van der Waals surface area contributed by atoms with Gasteiger partial charge < -0.3 is 19.9 Å². The van der Waals surface area contributed by atoms with Crippen LogP contribution in [-0.2, 0) is 4.79 Å². The number of rotatable bonds is 9. The Bertz CT molecular complexity index is 1980. The molecule has 0 unspecified atom stereocenters. The number of likely N-dealkylation sites (N-methyl/N-ethyl adjacent to an activating group) is 1. The summed E-state index contributed by atoms with van der Waals surface area (Å²) in [6, 6.07) is 12.4. The fourth-order valence-corrected chi connectivity index (χ4v) is 5.04. The molecular weight excluding hydrogens is 547 g/mol. The van der Waals surface area contributed by atoms with E-state index in [1.54, 1.807) is 24.8 Å². The van der Waals surface area contributed by atoms with Gasteiger partial charge in [-0.15, -0.1) is 0 Å². The van der Waals surface area contributed by atoms with Gasteiger partial charge in [0.2, 0.25) is 5.91 Å². The van der Waals surface area contributed by atoms with Crippen molar-refractivity contribution >= 4 is 33.5 Å². The number of carbonyl (C=O) groups excluding carboxylic acids is 1. The first kappa shape index (κ1) is 26.7. The van der Waals surface area contributed by atoms with Crippen LogP contribution in [0.5, 0.6) is 5.75 Å². The summed E-state index contributed by atoms with van der Waals surface area (Å²) in [6.45, 7) is 1.17. The lowest BCUT2D eigenvalue weighted by molar-refractivity contribution is -0.117. The summed E-state index contributed by atoms with van der Waals surface area (Å²) in [4.78, 5) is 31.3. The molecule has 216 valence electrons. The summed E-state index contributed by atoms with van der Waals surface area (Å²) in [7, 11) is 3.92. The van der Waals surface area contributed by atoms with Crippen LogP contribution in [0.2, 0.25) is 0 Å². The first-order chi connectivity index (χ1) is 20.9. The summed E-state index contributed by atoms with van der Waals surface area (Å²) < 4.78 is 20.5. The van der Waals surface area contributed by atoms with Gasteiger partial charge in [0.25, 0.3) is 0 Å². The molecule has 0 saturated heterocycles. The molecule has 7 rings (SSSR count). The van der Waals surface area contributed by atoms with E-state index >= 15 is 0 Å². The minimum absolute atomic E-state index is 0.0264. The van der Waals surface area contributed by atoms with Crippen molar-refractivity contribution in [3.05, 3.63) is 73.1 Å². The maximum absolute atomic E-state index is 14.6. The molecule has 1 aliphatic carbocycles. The second kappa shape index (κ2) is 10.9. The number of pyridine rings is 3. The van der Waals surface area contributed by atoms with Gasteiger partial charge in [-0.05, 0) is 68.9 Å². The second-order valence-corrected chi connectivity index (χ2v) is 11.0. The molecular formula is C32H29FN8O2. The van der Waals surface area contributed by atoms with E-state index in [0.29, 0.717) is 40.5 Å². The average molecular weight is 577 g/mol. The van der Waals surface area contributed by atoms with Gasteiger partial charge in [0.05, 0.1) is 40.5 Å². The van der Waals surface area contributed by atoms with E-state index in [0.717, 1.165) is 52.6 Å². The Balaban J connectivity index is 1.23. The predicted molar refractivity (Wildman–Crippen MR) is 163 cm³/mol. The summed E-state index contributed by atoms with van der Waals surface area (Å²) in [5.74, 6) is 0.206. The van der Waals surface area contributed by atoms with Gasteiger partial charge in [-0.3, -0.25) is 19.9 Å². The number of hydrogen-bond donors (Lipinski definition) is 3. The fraction of sp³-hybridized carbons (Fsp3) is 0.219. The minimum atomic E-state index is -0.384. The van der Waals surface area contributed by atoms with Crippen LogP contribution in [0.25, 0.3) is 55.7 Å². The molecule has 1 aliphatic rings. The van der Waals surface area contributed by atoms with Gasteiger partial charge in [-0.1, -0.05) is 0 Å². The third kappa shape index (κ3) is 5.54. The molecule has 11 heteroatoms. The number of ether oxygens (including phenoxy) is 1. The maximum Gasteiger partial charge on any atom is 0.227 e. The highest BCUT2D eigenvalue weighted by molar-refractivity contribution is 6.00. The quantitative estimate of drug-likeness (QED) is 0.203. The highest BCUT2D eigenvalue weighted by Crippen LogP contribution is 2.35. The topological polar surface area (TPSA) is 125 Å². The molecule has 5 heterocycles. The normalized spacial score (nSPS) is 13.2. The lowest BCUT2D eigenvalue weighted by atomic mass is 10.0. The summed E-state index contributed by atoms with van der Waals surface area (Å²) in [5, 5.41) is 11.4. The van der Waals surface area contributed by atoms with Crippen LogP contribution in [0.1, 0.15) is 12.8 Å². The van der Waals surface area contributed by atoms with Crippen molar-refractivity contribution in [3.8, 4) is 39.5 Å². The molecule has 1 fully saturated rings. The number of carbonyl (C=O) groups is 1. The highest BCUT2D eigenvalue weighted by Gasteiger charge is 2.29. The molecule has 1 saturated carbocycles. The fourth-order valence-electron chi connectivity index (χ4n) is 5.04. The molecule has 43 heavy (non-hydrogen) atoms. The van der Waals surface area contributed by atoms with Crippen molar-refractivity contribution in [1.29, 1.82) is 0 Å². The number of anilines is 1. The van der Waals surface area contributed by atoms with E-state index in [1.165, 1.54) is 12.1 Å². The SMILES string of the molecule is CN(C)CCOc1cc(F)cc(-c2cncc3[nH]c(-c4n[nH]c5ccc(-c6cncc(NC(=O)C7CC7)c6)nc45)cc23)c1. The number of fused-ring (bicyclic) bond motifs is 2. The number of hydrogen-bond acceptors (Lipinski definition) is 7. The molecule has 3 N–H and O–H groups in total. The van der Waals surface area contributed by atoms with Gasteiger partial charge in [-0.25, -0.2) is 9.37 Å². The van der Waals surface area contributed by atoms with Crippen molar-refractivity contribution in [1.82, 2.24) is 35.0 Å². The molecule has 0 spiro atoms. The van der Waals surface area contributed by atoms with E-state index < -0.39 is 0 Å². The Morgan fingerprint density at radius 3 is 2.72 bits per heavy atom. The maximum atomic E-state index is 14.6. The van der Waals surface area contributed by atoms with E-state index in [4.69, 9.17) is 9.72 Å². The average Bonchev–Trinajstić information content (AvgIpc) is 3.62. The third-order valence-electron chi connectivity index (χ3n) is 7.45. The highest BCUT2D eigenvalue weighted by atomic mass is 19.1. The summed E-state index contributed by atoms with van der Waals surface area (Å²) >= 11 is 0. The van der Waals surface area contributed by atoms with E-state index in [2.05, 4.69) is 30.5 Å². The number of aromatic nitrogens is 6. The summed E-state index contributed by atoms with van der Waals surface area (Å²) in [5.41, 5.74) is 7.15. The molecule has 0 radical (unpaired) electrons. The van der Waals surface area contributed by atoms with Crippen molar-refractivity contribution < 1.29 is 13.9 Å². The third-order valence-corrected chi connectivity index (χ3v) is 7.45. The van der Waals surface area contributed by atoms with E-state index in [-0.39, 0.29) is 17.6 Å². The molecule has 0 aliphatic heterocycles. The molecule has 0 atom stereocenters. The van der Waals surface area contributed by atoms with Crippen LogP contribution in [0.4, 0.5) is 10.1 Å². The molecule has 5 aromatic heterocycles. The Labute approximate surface area is 246 Å². The number of halogens is 1. The number of nitrogens with one attached hydrogen (secondary N) is 3. The number of aromatic amines is 2. The lowest BCUT2D eigenvalue weighted by Gasteiger charge is -2.12. The zero-order valence-corrected chi connectivity index (χ0v) is 23.7. The molecule has 0 bridgehead atoms. The predicted octanol–water partition coefficient (Wildman–Crippen LogP) is 5.66. The monoisotopic (exact) mass is 576 g/mol. The largest absolute Gasteiger partial charge is 0.492 e. The Hall–Kier alpha value is -5.16. The number of H-pyrrole nitrogens is 2. The van der Waals surface area contributed by atoms with Crippen LogP contribution in [0.3, 0.4) is 0 Å². The molecule has 10 nitrogen and oxygen atoms in total. The Kier molecular flexibility index (Phi) is 6.78. The Morgan fingerprint density at radius 1 is 1.02 bits per heavy atom. The van der Waals surface area contributed by atoms with Gasteiger partial charge in [-0.2, -0.15) is 5.10 Å². The van der Waals surface area contributed by atoms with E-state index in [1.807, 2.05) is 49.3 Å². The van der Waals surface area contributed by atoms with Gasteiger partial charge in [0.1, 0.15) is 29.4 Å². The van der Waals surface area contributed by atoms with Crippen LogP contribution < -0.4 is 10.1 Å². The van der Waals surface area contributed by atoms with Crippen molar-refractivity contribution in [3.63, 3.8) is 0 Å². The van der Waals surface area contributed by atoms with Crippen molar-refractivity contribution in [2.24, 2.45) is 5.92 Å². The zero-order valence-electron chi connectivity index (χ0n) is 23.7. The van der Waals surface area contributed by atoms with Crippen LogP contribution in [-0.4, -0.2) is 68.2 Å². The van der Waals surface area contributed by atoms with Gasteiger partial charge >= 0.3 is 0 Å². The molecule has 6 aromatic rings. The second-order valence-electron chi connectivity index (χ2n) is 11.0. The van der Waals surface area contributed by atoms with Gasteiger partial charge in [0, 0.05) is 47.4 Å². The standard InChI is InChI=1S/C32H29FN8O2/c1-41(2)7-8-43-23-11-19(9-21(33)12-23)25-16-35-17-29-24(25)13-28(37-29)31-30-27(39-40-31)6-5-26(38-30)20-10-22(15-34-14-20)36-32(42)18-3-4-18/h5-6,9-18,37H,3-4,7-8H2,1-2H3,(H,36,42)(H,39,40). The Morgan fingerprint density at radius 2 is 1.88 bits per heavy atom. The molecule has 1 aromatic carbocycles. The van der Waals surface area contributed by atoms with Crippen LogP contribution in [0, 0.1) is 11.7 Å². The first-order valence-corrected chi connectivity index (χ1v) is 14.1. The smallest absolute Gasteiger partial charge is 0.227 e.